The van der Waals surface area contributed by atoms with Gasteiger partial charge in [0.25, 0.3) is 0 Å². The van der Waals surface area contributed by atoms with Gasteiger partial charge in [0.2, 0.25) is 0 Å². The van der Waals surface area contributed by atoms with Gasteiger partial charge in [0.05, 0.1) is 10.9 Å². The van der Waals surface area contributed by atoms with Gasteiger partial charge >= 0.3 is 5.63 Å². The first-order chi connectivity index (χ1) is 12.7. The SMILES string of the molecule is Nc1cccc2[nH]c(-n3oc(=O)c4ccccc43)c(-c3ccccc3)c12. The molecule has 26 heavy (non-hydrogen) atoms. The van der Waals surface area contributed by atoms with Crippen LogP contribution in [0.15, 0.2) is 82.1 Å². The number of nitrogens with one attached hydrogen (secondary N) is 1. The van der Waals surface area contributed by atoms with Gasteiger partial charge in [0.15, 0.2) is 5.82 Å². The van der Waals surface area contributed by atoms with E-state index in [0.717, 1.165) is 22.0 Å². The molecule has 5 nitrogen and oxygen atoms in total. The lowest BCUT2D eigenvalue weighted by Gasteiger charge is -2.07. The number of nitrogens with zero attached hydrogens (tertiary/aromatic N) is 1. The Kier molecular flexibility index (Phi) is 3.03. The van der Waals surface area contributed by atoms with Crippen LogP contribution in [0.25, 0.3) is 38.8 Å². The smallest absolute Gasteiger partial charge is 0.365 e. The van der Waals surface area contributed by atoms with Crippen LogP contribution >= 0.6 is 0 Å². The molecule has 0 fully saturated rings. The summed E-state index contributed by atoms with van der Waals surface area (Å²) >= 11 is 0. The van der Waals surface area contributed by atoms with Gasteiger partial charge in [-0.05, 0) is 29.8 Å². The third-order valence-corrected chi connectivity index (χ3v) is 4.62. The lowest BCUT2D eigenvalue weighted by Crippen LogP contribution is -1.97. The minimum atomic E-state index is -0.369. The molecule has 5 rings (SSSR count). The highest BCUT2D eigenvalue weighted by Gasteiger charge is 2.20. The average Bonchev–Trinajstić information content (AvgIpc) is 3.22. The molecule has 0 saturated heterocycles. The minimum Gasteiger partial charge on any atom is -0.398 e. The monoisotopic (exact) mass is 341 g/mol. The van der Waals surface area contributed by atoms with E-state index in [4.69, 9.17) is 10.3 Å². The number of rotatable bonds is 2. The van der Waals surface area contributed by atoms with Crippen LogP contribution in [-0.4, -0.2) is 9.72 Å². The van der Waals surface area contributed by atoms with Crippen molar-refractivity contribution in [1.82, 2.24) is 9.72 Å². The molecule has 0 bridgehead atoms. The molecule has 126 valence electrons. The summed E-state index contributed by atoms with van der Waals surface area (Å²) in [4.78, 5) is 15.7. The molecule has 0 unspecified atom stereocenters. The Morgan fingerprint density at radius 1 is 0.885 bits per heavy atom. The molecule has 2 aromatic heterocycles. The predicted molar refractivity (Wildman–Crippen MR) is 104 cm³/mol. The average molecular weight is 341 g/mol. The maximum atomic E-state index is 12.3. The maximum absolute atomic E-state index is 12.3. The highest BCUT2D eigenvalue weighted by Crippen LogP contribution is 2.38. The van der Waals surface area contributed by atoms with Crippen molar-refractivity contribution >= 4 is 27.5 Å². The maximum Gasteiger partial charge on any atom is 0.365 e. The molecule has 0 spiro atoms. The van der Waals surface area contributed by atoms with Crippen LogP contribution in [0.2, 0.25) is 0 Å². The third kappa shape index (κ3) is 2.01. The van der Waals surface area contributed by atoms with Crippen molar-refractivity contribution in [3.63, 3.8) is 0 Å². The third-order valence-electron chi connectivity index (χ3n) is 4.62. The Balaban J connectivity index is 1.95. The predicted octanol–water partition coefficient (Wildman–Crippen LogP) is 4.31. The van der Waals surface area contributed by atoms with Crippen LogP contribution in [0.3, 0.4) is 0 Å². The molecule has 5 heteroatoms. The van der Waals surface area contributed by atoms with Crippen molar-refractivity contribution in [1.29, 1.82) is 0 Å². The lowest BCUT2D eigenvalue weighted by molar-refractivity contribution is 0.330. The second-order valence-electron chi connectivity index (χ2n) is 6.17. The molecule has 0 saturated carbocycles. The van der Waals surface area contributed by atoms with Crippen molar-refractivity contribution in [2.24, 2.45) is 0 Å². The second kappa shape index (κ2) is 5.39. The summed E-state index contributed by atoms with van der Waals surface area (Å²) < 4.78 is 7.13. The molecular formula is C21H15N3O2. The van der Waals surface area contributed by atoms with Gasteiger partial charge in [-0.25, -0.2) is 4.79 Å². The van der Waals surface area contributed by atoms with Crippen molar-refractivity contribution in [3.8, 4) is 16.9 Å². The summed E-state index contributed by atoms with van der Waals surface area (Å²) in [5, 5.41) is 1.45. The number of para-hydroxylation sites is 1. The van der Waals surface area contributed by atoms with E-state index in [1.54, 1.807) is 10.8 Å². The number of hydrogen-bond acceptors (Lipinski definition) is 3. The largest absolute Gasteiger partial charge is 0.398 e. The minimum absolute atomic E-state index is 0.369. The van der Waals surface area contributed by atoms with E-state index in [9.17, 15) is 4.79 Å². The Labute approximate surface area is 148 Å². The zero-order valence-corrected chi connectivity index (χ0v) is 13.8. The number of aromatic nitrogens is 2. The normalized spacial score (nSPS) is 11.4. The molecule has 3 aromatic carbocycles. The van der Waals surface area contributed by atoms with Gasteiger partial charge in [0, 0.05) is 22.2 Å². The first kappa shape index (κ1) is 14.6. The number of aromatic amines is 1. The molecule has 0 radical (unpaired) electrons. The Hall–Kier alpha value is -3.73. The summed E-state index contributed by atoms with van der Waals surface area (Å²) in [6.07, 6.45) is 0. The lowest BCUT2D eigenvalue weighted by atomic mass is 10.0. The van der Waals surface area contributed by atoms with Crippen molar-refractivity contribution in [2.75, 3.05) is 5.73 Å². The summed E-state index contributed by atoms with van der Waals surface area (Å²) in [5.41, 5.74) is 10.1. The second-order valence-corrected chi connectivity index (χ2v) is 6.17. The highest BCUT2D eigenvalue weighted by atomic mass is 16.5. The fraction of sp³-hybridized carbons (Fsp3) is 0. The van der Waals surface area contributed by atoms with Gasteiger partial charge in [-0.1, -0.05) is 48.5 Å². The van der Waals surface area contributed by atoms with E-state index >= 15 is 0 Å². The van der Waals surface area contributed by atoms with Gasteiger partial charge in [-0.2, -0.15) is 4.74 Å². The molecule has 0 aliphatic heterocycles. The first-order valence-corrected chi connectivity index (χ1v) is 8.31. The van der Waals surface area contributed by atoms with Gasteiger partial charge in [0.1, 0.15) is 0 Å². The fourth-order valence-corrected chi connectivity index (χ4v) is 3.47. The quantitative estimate of drug-likeness (QED) is 0.470. The van der Waals surface area contributed by atoms with E-state index in [1.807, 2.05) is 66.7 Å². The summed E-state index contributed by atoms with van der Waals surface area (Å²) in [5.74, 6) is 0.683. The summed E-state index contributed by atoms with van der Waals surface area (Å²) in [6, 6.07) is 23.0. The number of hydrogen-bond donors (Lipinski definition) is 2. The molecule has 0 amide bonds. The zero-order chi connectivity index (χ0) is 17.7. The van der Waals surface area contributed by atoms with E-state index in [-0.39, 0.29) is 5.63 Å². The zero-order valence-electron chi connectivity index (χ0n) is 13.8. The Morgan fingerprint density at radius 2 is 1.65 bits per heavy atom. The molecular weight excluding hydrogens is 326 g/mol. The van der Waals surface area contributed by atoms with Gasteiger partial charge < -0.3 is 15.2 Å². The van der Waals surface area contributed by atoms with E-state index in [1.165, 1.54) is 0 Å². The van der Waals surface area contributed by atoms with Crippen LogP contribution < -0.4 is 11.4 Å². The number of benzene rings is 3. The van der Waals surface area contributed by atoms with Crippen LogP contribution in [0.1, 0.15) is 0 Å². The molecule has 0 aliphatic rings. The fourth-order valence-electron chi connectivity index (χ4n) is 3.47. The number of nitrogens with two attached hydrogens (primary N) is 1. The van der Waals surface area contributed by atoms with Crippen LogP contribution in [-0.2, 0) is 0 Å². The van der Waals surface area contributed by atoms with Gasteiger partial charge in [-0.3, -0.25) is 0 Å². The highest BCUT2D eigenvalue weighted by molar-refractivity contribution is 6.07. The Bertz CT molecular complexity index is 1310. The number of fused-ring (bicyclic) bond motifs is 2. The molecule has 3 N–H and O–H groups in total. The molecule has 0 atom stereocenters. The van der Waals surface area contributed by atoms with E-state index < -0.39 is 0 Å². The number of nitrogen functional groups attached to an aromatic ring is 1. The van der Waals surface area contributed by atoms with Crippen molar-refractivity contribution in [3.05, 3.63) is 83.2 Å². The molecule has 0 aliphatic carbocycles. The van der Waals surface area contributed by atoms with Crippen LogP contribution in [0.4, 0.5) is 5.69 Å². The van der Waals surface area contributed by atoms with Crippen molar-refractivity contribution < 1.29 is 4.52 Å². The number of H-pyrrole nitrogens is 1. The summed E-state index contributed by atoms with van der Waals surface area (Å²) in [6.45, 7) is 0. The first-order valence-electron chi connectivity index (χ1n) is 8.31. The molecule has 2 heterocycles. The van der Waals surface area contributed by atoms with Crippen LogP contribution in [0.5, 0.6) is 0 Å². The Morgan fingerprint density at radius 3 is 2.50 bits per heavy atom. The molecule has 5 aromatic rings. The summed E-state index contributed by atoms with van der Waals surface area (Å²) in [7, 11) is 0. The number of anilines is 1. The van der Waals surface area contributed by atoms with Crippen LogP contribution in [0, 0.1) is 0 Å². The van der Waals surface area contributed by atoms with E-state index in [2.05, 4.69) is 4.98 Å². The standard InChI is InChI=1S/C21H15N3O2/c22-15-10-6-11-16-19(15)18(13-7-2-1-3-8-13)20(23-16)24-17-12-5-4-9-14(17)21(25)26-24/h1-12,23H,22H2. The van der Waals surface area contributed by atoms with Crippen molar-refractivity contribution in [2.45, 2.75) is 0 Å². The topological polar surface area (TPSA) is 77.0 Å². The van der Waals surface area contributed by atoms with Gasteiger partial charge in [-0.15, -0.1) is 0 Å². The van der Waals surface area contributed by atoms with E-state index in [0.29, 0.717) is 22.4 Å².